The molecule has 2 aromatic carbocycles. The molecule has 0 amide bonds. The van der Waals surface area contributed by atoms with Gasteiger partial charge in [0.2, 0.25) is 0 Å². The summed E-state index contributed by atoms with van der Waals surface area (Å²) in [5, 5.41) is 10.4. The first kappa shape index (κ1) is 13.7. The molecule has 0 atom stereocenters. The number of aryl methyl sites for hydroxylation is 2. The largest absolute Gasteiger partial charge is 0.397 e. The maximum atomic E-state index is 7.57. The molecule has 17 heavy (non-hydrogen) atoms. The molecule has 1 heteroatoms. The van der Waals surface area contributed by atoms with Crippen molar-refractivity contribution in [2.45, 2.75) is 34.6 Å². The van der Waals surface area contributed by atoms with E-state index in [0.717, 1.165) is 0 Å². The summed E-state index contributed by atoms with van der Waals surface area (Å²) < 4.78 is 0. The molecule has 0 saturated heterocycles. The van der Waals surface area contributed by atoms with Crippen LogP contribution < -0.4 is 0 Å². The number of aliphatic hydroxyl groups is 1. The average molecular weight is 230 g/mol. The van der Waals surface area contributed by atoms with E-state index < -0.39 is 0 Å². The molecule has 0 aliphatic rings. The Kier molecular flexibility index (Phi) is 4.71. The molecule has 0 unspecified atom stereocenters. The fourth-order valence-electron chi connectivity index (χ4n) is 2.10. The zero-order chi connectivity index (χ0) is 13.0. The molecule has 0 aliphatic heterocycles. The van der Waals surface area contributed by atoms with Crippen LogP contribution in [0.25, 0.3) is 10.8 Å². The number of hydrogen-bond acceptors (Lipinski definition) is 1. The quantitative estimate of drug-likeness (QED) is 0.723. The second-order valence-electron chi connectivity index (χ2n) is 4.36. The van der Waals surface area contributed by atoms with Gasteiger partial charge in [0.05, 0.1) is 0 Å². The highest BCUT2D eigenvalue weighted by Crippen LogP contribution is 2.28. The van der Waals surface area contributed by atoms with Crippen molar-refractivity contribution >= 4 is 10.8 Å². The van der Waals surface area contributed by atoms with Gasteiger partial charge in [0.25, 0.3) is 0 Å². The van der Waals surface area contributed by atoms with Crippen LogP contribution in [0.4, 0.5) is 0 Å². The van der Waals surface area contributed by atoms with E-state index in [1.807, 2.05) is 0 Å². The highest BCUT2D eigenvalue weighted by Gasteiger charge is 2.07. The average Bonchev–Trinajstić information content (AvgIpc) is 2.35. The summed E-state index contributed by atoms with van der Waals surface area (Å²) in [7, 11) is 0. The molecular weight excluding hydrogens is 208 g/mol. The van der Waals surface area contributed by atoms with Crippen LogP contribution in [0.2, 0.25) is 0 Å². The van der Waals surface area contributed by atoms with Crippen LogP contribution in [-0.4, -0.2) is 11.7 Å². The van der Waals surface area contributed by atoms with Gasteiger partial charge in [0.1, 0.15) is 0 Å². The Morgan fingerprint density at radius 2 is 1.06 bits per heavy atom. The van der Waals surface area contributed by atoms with Crippen LogP contribution in [0.3, 0.4) is 0 Å². The summed E-state index contributed by atoms with van der Waals surface area (Å²) in [4.78, 5) is 0. The van der Waals surface area contributed by atoms with Crippen LogP contribution in [0, 0.1) is 27.7 Å². The van der Waals surface area contributed by atoms with Gasteiger partial charge in [0, 0.05) is 6.61 Å². The van der Waals surface area contributed by atoms with E-state index in [0.29, 0.717) is 0 Å². The first-order valence-electron chi connectivity index (χ1n) is 6.10. The maximum Gasteiger partial charge on any atom is 0.0402 e. The fourth-order valence-corrected chi connectivity index (χ4v) is 2.10. The van der Waals surface area contributed by atoms with Gasteiger partial charge in [-0.15, -0.1) is 0 Å². The van der Waals surface area contributed by atoms with E-state index in [1.165, 1.54) is 33.0 Å². The van der Waals surface area contributed by atoms with Gasteiger partial charge in [-0.25, -0.2) is 0 Å². The van der Waals surface area contributed by atoms with Gasteiger partial charge in [-0.2, -0.15) is 0 Å². The molecule has 1 N–H and O–H groups in total. The Bertz CT molecular complexity index is 466. The Balaban J connectivity index is 0.000000437. The van der Waals surface area contributed by atoms with E-state index >= 15 is 0 Å². The SMILES string of the molecule is CCO.Cc1c(C)c(C)c2ccccc2c1C. The van der Waals surface area contributed by atoms with Gasteiger partial charge < -0.3 is 5.11 Å². The predicted octanol–water partition coefficient (Wildman–Crippen LogP) is 4.07. The zero-order valence-corrected chi connectivity index (χ0v) is 11.5. The lowest BCUT2D eigenvalue weighted by atomic mass is 9.92. The molecule has 92 valence electrons. The molecule has 0 aromatic heterocycles. The van der Waals surface area contributed by atoms with Gasteiger partial charge in [-0.1, -0.05) is 24.3 Å². The third-order valence-corrected chi connectivity index (χ3v) is 3.42. The number of benzene rings is 2. The molecule has 0 fully saturated rings. The normalized spacial score (nSPS) is 10.0. The lowest BCUT2D eigenvalue weighted by Gasteiger charge is -2.13. The summed E-state index contributed by atoms with van der Waals surface area (Å²) in [6.07, 6.45) is 0. The minimum absolute atomic E-state index is 0.250. The van der Waals surface area contributed by atoms with Crippen molar-refractivity contribution in [3.63, 3.8) is 0 Å². The Hall–Kier alpha value is -1.34. The third kappa shape index (κ3) is 2.67. The van der Waals surface area contributed by atoms with Crippen LogP contribution >= 0.6 is 0 Å². The van der Waals surface area contributed by atoms with Crippen LogP contribution in [0.1, 0.15) is 29.2 Å². The van der Waals surface area contributed by atoms with E-state index in [-0.39, 0.29) is 6.61 Å². The summed E-state index contributed by atoms with van der Waals surface area (Å²) in [5.74, 6) is 0. The monoisotopic (exact) mass is 230 g/mol. The van der Waals surface area contributed by atoms with Gasteiger partial charge in [0.15, 0.2) is 0 Å². The topological polar surface area (TPSA) is 20.2 Å². The highest BCUT2D eigenvalue weighted by molar-refractivity contribution is 5.90. The highest BCUT2D eigenvalue weighted by atomic mass is 16.2. The van der Waals surface area contributed by atoms with Crippen LogP contribution in [0.15, 0.2) is 24.3 Å². The van der Waals surface area contributed by atoms with Crippen molar-refractivity contribution in [1.82, 2.24) is 0 Å². The maximum absolute atomic E-state index is 7.57. The van der Waals surface area contributed by atoms with Gasteiger partial charge >= 0.3 is 0 Å². The van der Waals surface area contributed by atoms with E-state index in [1.54, 1.807) is 6.92 Å². The Morgan fingerprint density at radius 1 is 0.765 bits per heavy atom. The molecule has 0 radical (unpaired) electrons. The van der Waals surface area contributed by atoms with Gasteiger partial charge in [-0.05, 0) is 67.6 Å². The molecule has 0 spiro atoms. The van der Waals surface area contributed by atoms with Crippen LogP contribution in [0.5, 0.6) is 0 Å². The standard InChI is InChI=1S/C14H16.C2H6O/c1-9-10(2)12(4)14-8-6-5-7-13(14)11(9)3;1-2-3/h5-8H,1-4H3;3H,2H2,1H3. The van der Waals surface area contributed by atoms with Crippen LogP contribution in [-0.2, 0) is 0 Å². The number of hydrogen-bond donors (Lipinski definition) is 1. The van der Waals surface area contributed by atoms with Crippen molar-refractivity contribution in [2.24, 2.45) is 0 Å². The number of aliphatic hydroxyl groups excluding tert-OH is 1. The Morgan fingerprint density at radius 3 is 1.35 bits per heavy atom. The zero-order valence-electron chi connectivity index (χ0n) is 11.5. The van der Waals surface area contributed by atoms with Crippen molar-refractivity contribution in [2.75, 3.05) is 6.61 Å². The molecule has 0 heterocycles. The van der Waals surface area contributed by atoms with Crippen molar-refractivity contribution < 1.29 is 5.11 Å². The predicted molar refractivity (Wildman–Crippen MR) is 75.7 cm³/mol. The number of rotatable bonds is 0. The molecule has 0 aliphatic carbocycles. The Labute approximate surface area is 104 Å². The van der Waals surface area contributed by atoms with E-state index in [9.17, 15) is 0 Å². The van der Waals surface area contributed by atoms with E-state index in [2.05, 4.69) is 52.0 Å². The third-order valence-electron chi connectivity index (χ3n) is 3.42. The molecule has 2 rings (SSSR count). The lowest BCUT2D eigenvalue weighted by Crippen LogP contribution is -1.93. The van der Waals surface area contributed by atoms with E-state index in [4.69, 9.17) is 5.11 Å². The van der Waals surface area contributed by atoms with Crippen molar-refractivity contribution in [3.05, 3.63) is 46.5 Å². The molecule has 0 bridgehead atoms. The fraction of sp³-hybridized carbons (Fsp3) is 0.375. The second kappa shape index (κ2) is 5.83. The smallest absolute Gasteiger partial charge is 0.0402 e. The number of fused-ring (bicyclic) bond motifs is 1. The summed E-state index contributed by atoms with van der Waals surface area (Å²) in [5.41, 5.74) is 5.70. The molecular formula is C16H22O. The van der Waals surface area contributed by atoms with Crippen molar-refractivity contribution in [1.29, 1.82) is 0 Å². The lowest BCUT2D eigenvalue weighted by molar-refractivity contribution is 0.318. The second-order valence-corrected chi connectivity index (χ2v) is 4.36. The first-order chi connectivity index (χ1) is 8.04. The minimum atomic E-state index is 0.250. The summed E-state index contributed by atoms with van der Waals surface area (Å²) in [6.45, 7) is 10.8. The molecule has 2 aromatic rings. The first-order valence-corrected chi connectivity index (χ1v) is 6.10. The summed E-state index contributed by atoms with van der Waals surface area (Å²) in [6, 6.07) is 8.65. The summed E-state index contributed by atoms with van der Waals surface area (Å²) >= 11 is 0. The van der Waals surface area contributed by atoms with Crippen molar-refractivity contribution in [3.8, 4) is 0 Å². The minimum Gasteiger partial charge on any atom is -0.397 e. The molecule has 0 saturated carbocycles. The molecule has 1 nitrogen and oxygen atoms in total. The van der Waals surface area contributed by atoms with Gasteiger partial charge in [-0.3, -0.25) is 0 Å².